The van der Waals surface area contributed by atoms with Gasteiger partial charge >= 0.3 is 0 Å². The average molecular weight is 466 g/mol. The van der Waals surface area contributed by atoms with Gasteiger partial charge in [-0.15, -0.1) is 10.2 Å². The maximum absolute atomic E-state index is 12.6. The monoisotopic (exact) mass is 465 g/mol. The Kier molecular flexibility index (Phi) is 8.65. The van der Waals surface area contributed by atoms with Gasteiger partial charge < -0.3 is 15.2 Å². The van der Waals surface area contributed by atoms with E-state index < -0.39 is 0 Å². The highest BCUT2D eigenvalue weighted by atomic mass is 32.2. The summed E-state index contributed by atoms with van der Waals surface area (Å²) in [6.07, 6.45) is 0.958. The Morgan fingerprint density at radius 3 is 2.30 bits per heavy atom. The number of hydrogen-bond donors (Lipinski definition) is 2. The minimum Gasteiger partial charge on any atom is -0.325 e. The van der Waals surface area contributed by atoms with Crippen molar-refractivity contribution in [1.29, 1.82) is 0 Å². The summed E-state index contributed by atoms with van der Waals surface area (Å²) in [7, 11) is 0. The number of rotatable bonds is 10. The lowest BCUT2D eigenvalue weighted by molar-refractivity contribution is -0.116. The fourth-order valence-electron chi connectivity index (χ4n) is 3.59. The van der Waals surface area contributed by atoms with Crippen molar-refractivity contribution in [2.24, 2.45) is 0 Å². The quantitative estimate of drug-likeness (QED) is 0.416. The summed E-state index contributed by atoms with van der Waals surface area (Å²) in [6, 6.07) is 15.6. The van der Waals surface area contributed by atoms with Crippen molar-refractivity contribution in [3.05, 3.63) is 65.5 Å². The first-order valence-electron chi connectivity index (χ1n) is 11.2. The third kappa shape index (κ3) is 6.44. The Labute approximate surface area is 199 Å². The summed E-state index contributed by atoms with van der Waals surface area (Å²) >= 11 is 1.32. The molecule has 0 bridgehead atoms. The number of nitrogens with one attached hydrogen (secondary N) is 2. The van der Waals surface area contributed by atoms with Crippen LogP contribution in [-0.2, 0) is 29.0 Å². The van der Waals surface area contributed by atoms with Crippen molar-refractivity contribution >= 4 is 35.0 Å². The number of hydrogen-bond acceptors (Lipinski definition) is 5. The van der Waals surface area contributed by atoms with Gasteiger partial charge in [0.05, 0.1) is 12.2 Å². The smallest absolute Gasteiger partial charge is 0.234 e. The van der Waals surface area contributed by atoms with E-state index in [0.717, 1.165) is 28.9 Å². The molecule has 0 aliphatic rings. The number of carbonyl (C=O) groups excluding carboxylic acids is 2. The van der Waals surface area contributed by atoms with Crippen LogP contribution in [-0.4, -0.2) is 32.3 Å². The molecule has 0 aliphatic carbocycles. The van der Waals surface area contributed by atoms with Crippen LogP contribution in [0, 0.1) is 0 Å². The van der Waals surface area contributed by atoms with Gasteiger partial charge in [-0.05, 0) is 42.5 Å². The van der Waals surface area contributed by atoms with Crippen LogP contribution in [0.4, 0.5) is 11.4 Å². The van der Waals surface area contributed by atoms with Gasteiger partial charge in [-0.2, -0.15) is 0 Å². The zero-order valence-corrected chi connectivity index (χ0v) is 20.4. The summed E-state index contributed by atoms with van der Waals surface area (Å²) in [5, 5.41) is 15.0. The Balaban J connectivity index is 1.61. The van der Waals surface area contributed by atoms with Crippen molar-refractivity contribution in [3.63, 3.8) is 0 Å². The largest absolute Gasteiger partial charge is 0.325 e. The van der Waals surface area contributed by atoms with E-state index in [9.17, 15) is 9.59 Å². The molecule has 0 spiro atoms. The number of thioether (sulfide) groups is 1. The molecule has 2 N–H and O–H groups in total. The van der Waals surface area contributed by atoms with Crippen LogP contribution in [0.3, 0.4) is 0 Å². The predicted octanol–water partition coefficient (Wildman–Crippen LogP) is 4.90. The highest BCUT2D eigenvalue weighted by Crippen LogP contribution is 2.24. The zero-order valence-electron chi connectivity index (χ0n) is 19.6. The summed E-state index contributed by atoms with van der Waals surface area (Å²) in [4.78, 5) is 25.2. The first-order valence-corrected chi connectivity index (χ1v) is 12.2. The topological polar surface area (TPSA) is 88.9 Å². The summed E-state index contributed by atoms with van der Waals surface area (Å²) in [6.45, 7) is 8.84. The Morgan fingerprint density at radius 1 is 0.939 bits per heavy atom. The molecule has 2 amide bonds. The van der Waals surface area contributed by atoms with E-state index in [-0.39, 0.29) is 24.0 Å². The van der Waals surface area contributed by atoms with Gasteiger partial charge in [-0.3, -0.25) is 9.59 Å². The highest BCUT2D eigenvalue weighted by molar-refractivity contribution is 7.99. The molecule has 3 aromatic rings. The molecule has 174 valence electrons. The number of anilines is 2. The lowest BCUT2D eigenvalue weighted by Gasteiger charge is -2.13. The maximum Gasteiger partial charge on any atom is 0.234 e. The van der Waals surface area contributed by atoms with Crippen LogP contribution in [0.5, 0.6) is 0 Å². The van der Waals surface area contributed by atoms with Crippen LogP contribution in [0.2, 0.25) is 0 Å². The molecule has 0 saturated heterocycles. The lowest BCUT2D eigenvalue weighted by Crippen LogP contribution is -2.19. The lowest BCUT2D eigenvalue weighted by atomic mass is 10.0. The molecule has 3 rings (SSSR count). The van der Waals surface area contributed by atoms with Crippen LogP contribution in [0.15, 0.2) is 53.7 Å². The molecular formula is C25H31N5O2S. The van der Waals surface area contributed by atoms with E-state index in [4.69, 9.17) is 0 Å². The molecule has 1 aromatic heterocycles. The third-order valence-electron chi connectivity index (χ3n) is 5.29. The average Bonchev–Trinajstić information content (AvgIpc) is 3.19. The second-order valence-electron chi connectivity index (χ2n) is 7.96. The second kappa shape index (κ2) is 11.7. The van der Waals surface area contributed by atoms with Crippen molar-refractivity contribution < 1.29 is 9.59 Å². The van der Waals surface area contributed by atoms with Crippen molar-refractivity contribution in [2.75, 3.05) is 16.4 Å². The van der Waals surface area contributed by atoms with E-state index in [1.54, 1.807) is 0 Å². The molecule has 0 radical (unpaired) electrons. The minimum atomic E-state index is -0.141. The summed E-state index contributed by atoms with van der Waals surface area (Å²) in [5.41, 5.74) is 3.84. The molecule has 0 saturated carbocycles. The van der Waals surface area contributed by atoms with Gasteiger partial charge in [-0.25, -0.2) is 0 Å². The number of nitrogens with zero attached hydrogens (tertiary/aromatic N) is 3. The number of benzene rings is 2. The van der Waals surface area contributed by atoms with E-state index in [0.29, 0.717) is 23.4 Å². The summed E-state index contributed by atoms with van der Waals surface area (Å²) < 4.78 is 1.88. The van der Waals surface area contributed by atoms with Crippen molar-refractivity contribution in [1.82, 2.24) is 14.8 Å². The normalized spacial score (nSPS) is 10.9. The molecule has 8 heteroatoms. The molecule has 33 heavy (non-hydrogen) atoms. The van der Waals surface area contributed by atoms with Crippen LogP contribution in [0.25, 0.3) is 0 Å². The van der Waals surface area contributed by atoms with E-state index in [2.05, 4.69) is 41.6 Å². The van der Waals surface area contributed by atoms with Crippen LogP contribution < -0.4 is 10.6 Å². The van der Waals surface area contributed by atoms with Crippen molar-refractivity contribution in [3.8, 4) is 0 Å². The fraction of sp³-hybridized carbons (Fsp3) is 0.360. The number of amides is 2. The van der Waals surface area contributed by atoms with E-state index >= 15 is 0 Å². The van der Waals surface area contributed by atoms with Gasteiger partial charge in [0.2, 0.25) is 11.8 Å². The number of para-hydroxylation sites is 2. The zero-order chi connectivity index (χ0) is 23.8. The third-order valence-corrected chi connectivity index (χ3v) is 6.26. The molecular weight excluding hydrogens is 434 g/mol. The maximum atomic E-state index is 12.6. The number of carbonyl (C=O) groups is 2. The Morgan fingerprint density at radius 2 is 1.61 bits per heavy atom. The molecule has 0 aliphatic heterocycles. The number of aryl methyl sites for hydroxylation is 1. The van der Waals surface area contributed by atoms with Gasteiger partial charge in [0.25, 0.3) is 0 Å². The highest BCUT2D eigenvalue weighted by Gasteiger charge is 2.17. The van der Waals surface area contributed by atoms with Gasteiger partial charge in [0, 0.05) is 17.9 Å². The molecule has 0 fully saturated rings. The number of aromatic nitrogens is 3. The van der Waals surface area contributed by atoms with Crippen LogP contribution in [0.1, 0.15) is 50.6 Å². The molecule has 2 aromatic carbocycles. The Bertz CT molecular complexity index is 1110. The summed E-state index contributed by atoms with van der Waals surface area (Å²) in [5.74, 6) is 0.861. The first-order chi connectivity index (χ1) is 15.9. The molecule has 7 nitrogen and oxygen atoms in total. The second-order valence-corrected chi connectivity index (χ2v) is 8.90. The fourth-order valence-corrected chi connectivity index (χ4v) is 4.41. The molecule has 0 atom stereocenters. The SMILES string of the molecule is CCc1ccccc1NC(=O)Cc1nnc(SCC(=O)Nc2ccccc2C(C)C)n1CC. The molecule has 1 heterocycles. The van der Waals surface area contributed by atoms with Gasteiger partial charge in [0.15, 0.2) is 5.16 Å². The Hall–Kier alpha value is -3.13. The van der Waals surface area contributed by atoms with Gasteiger partial charge in [0.1, 0.15) is 5.82 Å². The van der Waals surface area contributed by atoms with Crippen LogP contribution >= 0.6 is 11.8 Å². The minimum absolute atomic E-state index is 0.103. The van der Waals surface area contributed by atoms with E-state index in [1.807, 2.05) is 60.0 Å². The molecule has 0 unspecified atom stereocenters. The van der Waals surface area contributed by atoms with Crippen molar-refractivity contribution in [2.45, 2.75) is 58.2 Å². The standard InChI is InChI=1S/C25H31N5O2S/c1-5-18-11-7-9-13-20(18)26-23(31)15-22-28-29-25(30(22)6-2)33-16-24(32)27-21-14-10-8-12-19(21)17(3)4/h7-14,17H,5-6,15-16H2,1-4H3,(H,26,31)(H,27,32). The van der Waals surface area contributed by atoms with E-state index in [1.165, 1.54) is 11.8 Å². The predicted molar refractivity (Wildman–Crippen MR) is 134 cm³/mol. The first kappa shape index (κ1) is 24.5. The van der Waals surface area contributed by atoms with Gasteiger partial charge in [-0.1, -0.05) is 68.9 Å².